The van der Waals surface area contributed by atoms with Crippen LogP contribution >= 0.6 is 0 Å². The molecule has 3 aromatic rings. The Labute approximate surface area is 148 Å². The van der Waals surface area contributed by atoms with E-state index in [0.29, 0.717) is 6.61 Å². The topological polar surface area (TPSA) is 120 Å². The number of rotatable bonds is 5. The van der Waals surface area contributed by atoms with Crippen LogP contribution in [0.3, 0.4) is 0 Å². The Hall–Kier alpha value is -3.35. The van der Waals surface area contributed by atoms with E-state index in [1.807, 2.05) is 6.92 Å². The van der Waals surface area contributed by atoms with Gasteiger partial charge in [-0.1, -0.05) is 13.3 Å². The van der Waals surface area contributed by atoms with E-state index in [2.05, 4.69) is 0 Å². The zero-order valence-electron chi connectivity index (χ0n) is 14.0. The average Bonchev–Trinajstić information content (AvgIpc) is 2.59. The van der Waals surface area contributed by atoms with Gasteiger partial charge in [0.2, 0.25) is 11.2 Å². The van der Waals surface area contributed by atoms with Gasteiger partial charge in [0.05, 0.1) is 6.61 Å². The molecule has 2 aromatic carbocycles. The lowest BCUT2D eigenvalue weighted by molar-refractivity contribution is 0.293. The molecule has 7 heteroatoms. The van der Waals surface area contributed by atoms with Gasteiger partial charge in [-0.2, -0.15) is 0 Å². The van der Waals surface area contributed by atoms with Gasteiger partial charge < -0.3 is 29.6 Å². The predicted octanol–water partition coefficient (Wildman–Crippen LogP) is 3.46. The van der Waals surface area contributed by atoms with Crippen molar-refractivity contribution in [3.63, 3.8) is 0 Å². The van der Waals surface area contributed by atoms with E-state index >= 15 is 0 Å². The van der Waals surface area contributed by atoms with Crippen LogP contribution in [0, 0.1) is 0 Å². The average molecular weight is 358 g/mol. The van der Waals surface area contributed by atoms with E-state index in [4.69, 9.17) is 9.15 Å². The van der Waals surface area contributed by atoms with Crippen molar-refractivity contribution in [3.8, 4) is 40.1 Å². The summed E-state index contributed by atoms with van der Waals surface area (Å²) in [4.78, 5) is 12.3. The quantitative estimate of drug-likeness (QED) is 0.515. The lowest BCUT2D eigenvalue weighted by Gasteiger charge is -2.10. The second-order valence-corrected chi connectivity index (χ2v) is 5.83. The molecule has 136 valence electrons. The number of ether oxygens (including phenoxy) is 1. The maximum absolute atomic E-state index is 12.3. The van der Waals surface area contributed by atoms with E-state index in [9.17, 15) is 25.2 Å². The molecule has 7 nitrogen and oxygen atoms in total. The van der Waals surface area contributed by atoms with Crippen LogP contribution in [0.15, 0.2) is 39.5 Å². The van der Waals surface area contributed by atoms with Crippen molar-refractivity contribution in [2.45, 2.75) is 19.8 Å². The summed E-state index contributed by atoms with van der Waals surface area (Å²) in [5.74, 6) is -1.59. The van der Waals surface area contributed by atoms with Crippen LogP contribution in [0.25, 0.3) is 22.3 Å². The van der Waals surface area contributed by atoms with E-state index in [1.54, 1.807) is 0 Å². The number of fused-ring (bicyclic) bond motifs is 1. The summed E-state index contributed by atoms with van der Waals surface area (Å²) in [6, 6.07) is 6.46. The van der Waals surface area contributed by atoms with Crippen LogP contribution in [-0.4, -0.2) is 27.0 Å². The molecule has 4 N–H and O–H groups in total. The second kappa shape index (κ2) is 6.87. The summed E-state index contributed by atoms with van der Waals surface area (Å²) in [6.07, 6.45) is 1.79. The predicted molar refractivity (Wildman–Crippen MR) is 95.0 cm³/mol. The number of phenols is 3. The Kier molecular flexibility index (Phi) is 4.62. The minimum absolute atomic E-state index is 0.0944. The standard InChI is InChI=1S/C19H18O7/c1-2-3-6-25-14-5-4-10(7-12(14)21)19-18(24)17(23)16-13(22)8-11(20)9-15(16)26-19/h4-5,7-9,20-22,24H,2-3,6H2,1H3. The van der Waals surface area contributed by atoms with Crippen molar-refractivity contribution in [1.82, 2.24) is 0 Å². The smallest absolute Gasteiger partial charge is 0.238 e. The third-order valence-corrected chi connectivity index (χ3v) is 3.91. The van der Waals surface area contributed by atoms with Crippen molar-refractivity contribution < 1.29 is 29.6 Å². The van der Waals surface area contributed by atoms with Gasteiger partial charge in [0.1, 0.15) is 22.5 Å². The van der Waals surface area contributed by atoms with Crippen LogP contribution in [-0.2, 0) is 0 Å². The third-order valence-electron chi connectivity index (χ3n) is 3.91. The third kappa shape index (κ3) is 3.11. The number of aromatic hydroxyl groups is 4. The maximum Gasteiger partial charge on any atom is 0.238 e. The summed E-state index contributed by atoms with van der Waals surface area (Å²) >= 11 is 0. The SMILES string of the molecule is CCCCOc1ccc(-c2oc3cc(O)cc(O)c3c(=O)c2O)cc1O. The fourth-order valence-corrected chi connectivity index (χ4v) is 2.58. The van der Waals surface area contributed by atoms with Gasteiger partial charge in [-0.15, -0.1) is 0 Å². The Morgan fingerprint density at radius 3 is 2.50 bits per heavy atom. The molecule has 0 unspecified atom stereocenters. The molecule has 0 atom stereocenters. The van der Waals surface area contributed by atoms with Crippen LogP contribution in [0.5, 0.6) is 28.7 Å². The van der Waals surface area contributed by atoms with Gasteiger partial charge in [-0.3, -0.25) is 4.79 Å². The first-order valence-electron chi connectivity index (χ1n) is 8.10. The monoisotopic (exact) mass is 358 g/mol. The van der Waals surface area contributed by atoms with Gasteiger partial charge in [0.15, 0.2) is 17.3 Å². The van der Waals surface area contributed by atoms with Gasteiger partial charge in [-0.25, -0.2) is 0 Å². The fraction of sp³-hybridized carbons (Fsp3) is 0.211. The van der Waals surface area contributed by atoms with E-state index in [-0.39, 0.29) is 39.5 Å². The Morgan fingerprint density at radius 2 is 1.81 bits per heavy atom. The number of unbranched alkanes of at least 4 members (excludes halogenated alkanes) is 1. The molecule has 0 aliphatic heterocycles. The molecule has 0 radical (unpaired) electrons. The molecule has 0 aliphatic carbocycles. The van der Waals surface area contributed by atoms with Crippen molar-refractivity contribution >= 4 is 11.0 Å². The lowest BCUT2D eigenvalue weighted by Crippen LogP contribution is -2.03. The molecule has 1 heterocycles. The summed E-state index contributed by atoms with van der Waals surface area (Å²) in [5, 5.41) is 39.4. The van der Waals surface area contributed by atoms with Crippen LogP contribution < -0.4 is 10.2 Å². The Bertz CT molecular complexity index is 1020. The molecule has 0 saturated carbocycles. The highest BCUT2D eigenvalue weighted by Gasteiger charge is 2.19. The minimum atomic E-state index is -0.846. The van der Waals surface area contributed by atoms with Gasteiger partial charge in [-0.05, 0) is 24.6 Å². The van der Waals surface area contributed by atoms with E-state index < -0.39 is 16.9 Å². The van der Waals surface area contributed by atoms with E-state index in [1.165, 1.54) is 18.2 Å². The molecule has 0 aliphatic rings. The highest BCUT2D eigenvalue weighted by molar-refractivity contribution is 5.88. The van der Waals surface area contributed by atoms with Crippen LogP contribution in [0.2, 0.25) is 0 Å². The van der Waals surface area contributed by atoms with Crippen molar-refractivity contribution in [1.29, 1.82) is 0 Å². The van der Waals surface area contributed by atoms with Gasteiger partial charge in [0, 0.05) is 17.7 Å². The molecule has 3 rings (SSSR count). The zero-order chi connectivity index (χ0) is 18.8. The molecule has 1 aromatic heterocycles. The molecular weight excluding hydrogens is 340 g/mol. The summed E-state index contributed by atoms with van der Waals surface area (Å²) in [7, 11) is 0. The normalized spacial score (nSPS) is 11.0. The van der Waals surface area contributed by atoms with E-state index in [0.717, 1.165) is 25.0 Å². The van der Waals surface area contributed by atoms with Crippen molar-refractivity contribution in [2.24, 2.45) is 0 Å². The Morgan fingerprint density at radius 1 is 1.04 bits per heavy atom. The molecule has 0 bridgehead atoms. The molecule has 0 amide bonds. The van der Waals surface area contributed by atoms with Gasteiger partial charge >= 0.3 is 0 Å². The summed E-state index contributed by atoms with van der Waals surface area (Å²) < 4.78 is 10.9. The number of hydrogen-bond acceptors (Lipinski definition) is 7. The molecule has 0 fully saturated rings. The zero-order valence-corrected chi connectivity index (χ0v) is 14.0. The fourth-order valence-electron chi connectivity index (χ4n) is 2.58. The lowest BCUT2D eigenvalue weighted by atomic mass is 10.1. The summed E-state index contributed by atoms with van der Waals surface area (Å²) in [6.45, 7) is 2.48. The highest BCUT2D eigenvalue weighted by Crippen LogP contribution is 2.38. The number of phenolic OH excluding ortho intramolecular Hbond substituents is 3. The van der Waals surface area contributed by atoms with Crippen LogP contribution in [0.4, 0.5) is 0 Å². The molecule has 0 saturated heterocycles. The van der Waals surface area contributed by atoms with Crippen molar-refractivity contribution in [2.75, 3.05) is 6.61 Å². The first kappa shape index (κ1) is 17.5. The minimum Gasteiger partial charge on any atom is -0.508 e. The first-order valence-corrected chi connectivity index (χ1v) is 8.10. The molecule has 26 heavy (non-hydrogen) atoms. The molecule has 0 spiro atoms. The first-order chi connectivity index (χ1) is 12.4. The second-order valence-electron chi connectivity index (χ2n) is 5.83. The molecular formula is C19H18O7. The number of benzene rings is 2. The highest BCUT2D eigenvalue weighted by atomic mass is 16.5. The Balaban J connectivity index is 2.09. The summed E-state index contributed by atoms with van der Waals surface area (Å²) in [5.41, 5.74) is -0.700. The van der Waals surface area contributed by atoms with Crippen molar-refractivity contribution in [3.05, 3.63) is 40.6 Å². The van der Waals surface area contributed by atoms with Gasteiger partial charge in [0.25, 0.3) is 0 Å². The largest absolute Gasteiger partial charge is 0.508 e. The number of hydrogen-bond donors (Lipinski definition) is 4. The maximum atomic E-state index is 12.3. The van der Waals surface area contributed by atoms with Crippen LogP contribution in [0.1, 0.15) is 19.8 Å².